The third-order valence-corrected chi connectivity index (χ3v) is 9.15. The van der Waals surface area contributed by atoms with Crippen LogP contribution in [-0.4, -0.2) is 37.2 Å². The predicted octanol–water partition coefficient (Wildman–Crippen LogP) is 4.44. The Hall–Kier alpha value is -3.79. The highest BCUT2D eigenvalue weighted by Gasteiger charge is 2.51. The Morgan fingerprint density at radius 2 is 1.55 bits per heavy atom. The second kappa shape index (κ2) is 13.5. The van der Waals surface area contributed by atoms with E-state index in [1.165, 1.54) is 18.0 Å². The summed E-state index contributed by atoms with van der Waals surface area (Å²) in [5.41, 5.74) is 8.29. The lowest BCUT2D eigenvalue weighted by atomic mass is 9.64. The van der Waals surface area contributed by atoms with E-state index in [1.54, 1.807) is 19.2 Å². The van der Waals surface area contributed by atoms with Crippen molar-refractivity contribution < 1.29 is 27.1 Å². The number of rotatable bonds is 9. The molecule has 2 N–H and O–H groups in total. The number of nitrogens with two attached hydrogens (primary N) is 1. The largest absolute Gasteiger partial charge is 0.744 e. The predicted molar refractivity (Wildman–Crippen MR) is 160 cm³/mol. The summed E-state index contributed by atoms with van der Waals surface area (Å²) >= 11 is 0. The van der Waals surface area contributed by atoms with E-state index < -0.39 is 15.5 Å². The van der Waals surface area contributed by atoms with Crippen LogP contribution in [0.4, 0.5) is 0 Å². The van der Waals surface area contributed by atoms with Crippen LogP contribution in [0.1, 0.15) is 47.8 Å². The standard InChI is InChI=1S/C26H31N3O2.C7H8O3S/c1-20-28(17-18-31-2)15-16-29(20)24-14-13-23(19-24)26(25(27)30,21-9-5-3-6-10-21)22-11-7-4-8-12-22;1-6-2-4-7(5-3-6)11(8,9)10/h3-12,15-16,23-24H,13-14,17-19H2,1-2H3,(H-,27,30);2-5H,1H3,(H,8,9,10)/t23-,24-;/m0./s1. The summed E-state index contributed by atoms with van der Waals surface area (Å²) in [5, 5.41) is 0. The van der Waals surface area contributed by atoms with Crippen molar-refractivity contribution in [2.24, 2.45) is 11.7 Å². The molecular weight excluding hydrogens is 550 g/mol. The summed E-state index contributed by atoms with van der Waals surface area (Å²) in [4.78, 5) is 13.1. The van der Waals surface area contributed by atoms with Crippen molar-refractivity contribution in [2.45, 2.75) is 56.0 Å². The van der Waals surface area contributed by atoms with Gasteiger partial charge in [-0.1, -0.05) is 78.4 Å². The first-order valence-corrected chi connectivity index (χ1v) is 15.5. The van der Waals surface area contributed by atoms with E-state index in [0.717, 1.165) is 42.5 Å². The van der Waals surface area contributed by atoms with Gasteiger partial charge in [0.25, 0.3) is 5.82 Å². The maximum Gasteiger partial charge on any atom is 0.253 e. The lowest BCUT2D eigenvalue weighted by molar-refractivity contribution is -0.727. The van der Waals surface area contributed by atoms with Gasteiger partial charge in [0.05, 0.1) is 11.5 Å². The van der Waals surface area contributed by atoms with Crippen molar-refractivity contribution in [3.8, 4) is 0 Å². The van der Waals surface area contributed by atoms with Crippen LogP contribution in [-0.2, 0) is 31.6 Å². The number of aryl methyl sites for hydroxylation is 1. The van der Waals surface area contributed by atoms with Crippen LogP contribution in [0.5, 0.6) is 0 Å². The monoisotopic (exact) mass is 589 g/mol. The topological polar surface area (TPSA) is 118 Å². The van der Waals surface area contributed by atoms with Gasteiger partial charge < -0.3 is 15.0 Å². The molecule has 0 aliphatic heterocycles. The molecule has 0 spiro atoms. The highest BCUT2D eigenvalue weighted by molar-refractivity contribution is 7.85. The minimum absolute atomic E-state index is 0.133. The number of nitrogens with zero attached hydrogens (tertiary/aromatic N) is 2. The molecule has 1 amide bonds. The number of aromatic nitrogens is 2. The third-order valence-electron chi connectivity index (χ3n) is 8.30. The van der Waals surface area contributed by atoms with E-state index in [1.807, 2.05) is 67.6 Å². The van der Waals surface area contributed by atoms with Crippen LogP contribution in [0.25, 0.3) is 0 Å². The van der Waals surface area contributed by atoms with Gasteiger partial charge in [0, 0.05) is 14.0 Å². The van der Waals surface area contributed by atoms with Gasteiger partial charge in [-0.05, 0) is 55.4 Å². The van der Waals surface area contributed by atoms with Crippen molar-refractivity contribution in [3.63, 3.8) is 0 Å². The Morgan fingerprint density at radius 3 is 2.05 bits per heavy atom. The Labute approximate surface area is 248 Å². The van der Waals surface area contributed by atoms with Crippen molar-refractivity contribution in [3.05, 3.63) is 120 Å². The number of hydrogen-bond donors (Lipinski definition) is 1. The fourth-order valence-corrected chi connectivity index (χ4v) is 6.63. The average molecular weight is 590 g/mol. The highest BCUT2D eigenvalue weighted by Crippen LogP contribution is 2.48. The van der Waals surface area contributed by atoms with Gasteiger partial charge in [-0.15, -0.1) is 0 Å². The van der Waals surface area contributed by atoms with E-state index in [-0.39, 0.29) is 16.7 Å². The van der Waals surface area contributed by atoms with E-state index in [9.17, 15) is 17.8 Å². The van der Waals surface area contributed by atoms with Crippen molar-refractivity contribution >= 4 is 16.0 Å². The number of ether oxygens (including phenoxy) is 1. The minimum atomic E-state index is -4.27. The number of primary amides is 1. The molecule has 1 saturated carbocycles. The molecule has 4 aromatic rings. The van der Waals surface area contributed by atoms with Crippen LogP contribution >= 0.6 is 0 Å². The fraction of sp³-hybridized carbons (Fsp3) is 0.333. The van der Waals surface area contributed by atoms with Gasteiger partial charge in [0.15, 0.2) is 0 Å². The molecule has 1 aliphatic carbocycles. The lowest BCUT2D eigenvalue weighted by Gasteiger charge is -2.37. The number of carbonyl (C=O) groups excluding carboxylic acids is 1. The normalized spacial score (nSPS) is 17.0. The summed E-state index contributed by atoms with van der Waals surface area (Å²) in [6.07, 6.45) is 7.17. The first-order valence-electron chi connectivity index (χ1n) is 14.1. The zero-order valence-corrected chi connectivity index (χ0v) is 25.2. The number of benzene rings is 3. The zero-order valence-electron chi connectivity index (χ0n) is 24.3. The molecule has 9 heteroatoms. The van der Waals surface area contributed by atoms with Crippen LogP contribution < -0.4 is 10.3 Å². The number of carbonyl (C=O) groups is 1. The molecule has 42 heavy (non-hydrogen) atoms. The Morgan fingerprint density at radius 1 is 0.976 bits per heavy atom. The molecule has 1 fully saturated rings. The first-order chi connectivity index (χ1) is 20.1. The molecular formula is C33H39N3O5S. The van der Waals surface area contributed by atoms with Crippen molar-refractivity contribution in [2.75, 3.05) is 13.7 Å². The molecule has 1 aliphatic rings. The number of amides is 1. The second-order valence-corrected chi connectivity index (χ2v) is 12.2. The molecule has 5 rings (SSSR count). The quantitative estimate of drug-likeness (QED) is 0.229. The minimum Gasteiger partial charge on any atom is -0.744 e. The summed E-state index contributed by atoms with van der Waals surface area (Å²) in [6, 6.07) is 26.3. The summed E-state index contributed by atoms with van der Waals surface area (Å²) in [7, 11) is -2.54. The number of hydrogen-bond acceptors (Lipinski definition) is 5. The molecule has 0 saturated heterocycles. The average Bonchev–Trinajstić information content (AvgIpc) is 3.60. The Bertz CT molecular complexity index is 1530. The van der Waals surface area contributed by atoms with Gasteiger partial charge in [-0.25, -0.2) is 17.6 Å². The SMILES string of the molecule is COCCn1cc[n+]([C@H]2CC[C@H](C(C(N)=O)(c3ccccc3)c3ccccc3)C2)c1C.Cc1ccc(S(=O)(=O)[O-])cc1. The van der Waals surface area contributed by atoms with Crippen LogP contribution in [0.3, 0.4) is 0 Å². The Kier molecular flexibility index (Phi) is 9.98. The molecule has 3 aromatic carbocycles. The summed E-state index contributed by atoms with van der Waals surface area (Å²) in [5.74, 6) is 1.08. The van der Waals surface area contributed by atoms with Gasteiger partial charge in [-0.3, -0.25) is 4.79 Å². The smallest absolute Gasteiger partial charge is 0.253 e. The van der Waals surface area contributed by atoms with Crippen LogP contribution in [0, 0.1) is 19.8 Å². The van der Waals surface area contributed by atoms with Crippen molar-refractivity contribution in [1.29, 1.82) is 0 Å². The fourth-order valence-electron chi connectivity index (χ4n) is 6.16. The van der Waals surface area contributed by atoms with E-state index >= 15 is 0 Å². The molecule has 1 aromatic heterocycles. The summed E-state index contributed by atoms with van der Waals surface area (Å²) in [6.45, 7) is 5.50. The molecule has 0 radical (unpaired) electrons. The van der Waals surface area contributed by atoms with Gasteiger partial charge in [0.2, 0.25) is 5.91 Å². The first kappa shape index (κ1) is 31.2. The van der Waals surface area contributed by atoms with E-state index in [2.05, 4.69) is 28.5 Å². The van der Waals surface area contributed by atoms with E-state index in [4.69, 9.17) is 10.5 Å². The third kappa shape index (κ3) is 6.64. The summed E-state index contributed by atoms with van der Waals surface area (Å²) < 4.78 is 41.0. The highest BCUT2D eigenvalue weighted by atomic mass is 32.2. The lowest BCUT2D eigenvalue weighted by Crippen LogP contribution is -2.48. The molecule has 8 nitrogen and oxygen atoms in total. The molecule has 0 bridgehead atoms. The van der Waals surface area contributed by atoms with Gasteiger partial charge >= 0.3 is 0 Å². The molecule has 2 atom stereocenters. The molecule has 1 heterocycles. The second-order valence-electron chi connectivity index (χ2n) is 10.8. The maximum atomic E-state index is 13.2. The number of methoxy groups -OCH3 is 1. The van der Waals surface area contributed by atoms with Crippen LogP contribution in [0.15, 0.2) is 102 Å². The van der Waals surface area contributed by atoms with Crippen LogP contribution in [0.2, 0.25) is 0 Å². The molecule has 0 unspecified atom stereocenters. The van der Waals surface area contributed by atoms with Gasteiger partial charge in [0.1, 0.15) is 40.5 Å². The van der Waals surface area contributed by atoms with Gasteiger partial charge in [-0.2, -0.15) is 0 Å². The van der Waals surface area contributed by atoms with E-state index in [0.29, 0.717) is 12.6 Å². The zero-order chi connectivity index (χ0) is 30.3. The molecule has 222 valence electrons. The van der Waals surface area contributed by atoms with Crippen molar-refractivity contribution in [1.82, 2.24) is 4.57 Å². The Balaban J connectivity index is 0.000000310. The maximum absolute atomic E-state index is 13.2. The number of imidazole rings is 1.